The molecule has 20 heavy (non-hydrogen) atoms. The fourth-order valence-electron chi connectivity index (χ4n) is 2.39. The van der Waals surface area contributed by atoms with Crippen molar-refractivity contribution in [2.75, 3.05) is 6.54 Å². The topological polar surface area (TPSA) is 29.9 Å². The number of hydrogen-bond acceptors (Lipinski definition) is 2. The normalized spacial score (nSPS) is 12.7. The van der Waals surface area contributed by atoms with Crippen molar-refractivity contribution in [3.63, 3.8) is 0 Å². The Morgan fingerprint density at radius 1 is 1.40 bits per heavy atom. The van der Waals surface area contributed by atoms with Crippen LogP contribution in [-0.4, -0.2) is 16.3 Å². The average Bonchev–Trinajstić information content (AvgIpc) is 2.67. The van der Waals surface area contributed by atoms with Crippen molar-refractivity contribution in [2.45, 2.75) is 26.3 Å². The van der Waals surface area contributed by atoms with Gasteiger partial charge in [-0.1, -0.05) is 24.6 Å². The van der Waals surface area contributed by atoms with Crippen molar-refractivity contribution in [1.29, 1.82) is 0 Å². The van der Waals surface area contributed by atoms with Crippen LogP contribution in [0.4, 0.5) is 4.39 Å². The summed E-state index contributed by atoms with van der Waals surface area (Å²) in [7, 11) is 1.91. The summed E-state index contributed by atoms with van der Waals surface area (Å²) in [6, 6.07) is 6.76. The number of aromatic nitrogens is 2. The molecule has 1 aromatic heterocycles. The fourth-order valence-corrected chi connectivity index (χ4v) is 2.55. The predicted octanol–water partition coefficient (Wildman–Crippen LogP) is 3.41. The molecular formula is C15H19ClFN3. The Kier molecular flexibility index (Phi) is 4.78. The molecule has 108 valence electrons. The van der Waals surface area contributed by atoms with Gasteiger partial charge in [-0.25, -0.2) is 4.39 Å². The van der Waals surface area contributed by atoms with Crippen LogP contribution in [0.3, 0.4) is 0 Å². The molecular weight excluding hydrogens is 277 g/mol. The molecule has 1 N–H and O–H groups in total. The van der Waals surface area contributed by atoms with Gasteiger partial charge in [-0.05, 0) is 31.7 Å². The number of rotatable bonds is 5. The molecule has 1 unspecified atom stereocenters. The Bertz CT molecular complexity index is 595. The molecule has 0 aliphatic carbocycles. The first-order chi connectivity index (χ1) is 9.51. The van der Waals surface area contributed by atoms with Crippen molar-refractivity contribution in [3.05, 3.63) is 52.1 Å². The second-order valence-corrected chi connectivity index (χ2v) is 5.32. The summed E-state index contributed by atoms with van der Waals surface area (Å²) >= 11 is 5.81. The maximum Gasteiger partial charge on any atom is 0.129 e. The fraction of sp³-hybridized carbons (Fsp3) is 0.400. The van der Waals surface area contributed by atoms with Crippen LogP contribution in [0.15, 0.2) is 24.3 Å². The van der Waals surface area contributed by atoms with Gasteiger partial charge < -0.3 is 5.32 Å². The van der Waals surface area contributed by atoms with E-state index in [1.165, 1.54) is 6.07 Å². The summed E-state index contributed by atoms with van der Waals surface area (Å²) in [5, 5.41) is 8.06. The summed E-state index contributed by atoms with van der Waals surface area (Å²) in [5.74, 6) is -0.276. The molecule has 2 aromatic rings. The van der Waals surface area contributed by atoms with Crippen LogP contribution >= 0.6 is 11.6 Å². The molecule has 0 saturated heterocycles. The van der Waals surface area contributed by atoms with Crippen LogP contribution < -0.4 is 5.32 Å². The van der Waals surface area contributed by atoms with Crippen LogP contribution in [0.1, 0.15) is 29.9 Å². The van der Waals surface area contributed by atoms with Crippen LogP contribution in [0.25, 0.3) is 0 Å². The van der Waals surface area contributed by atoms with Crippen molar-refractivity contribution in [2.24, 2.45) is 7.05 Å². The quantitative estimate of drug-likeness (QED) is 0.916. The molecule has 2 rings (SSSR count). The number of nitrogens with zero attached hydrogens (tertiary/aromatic N) is 2. The van der Waals surface area contributed by atoms with Gasteiger partial charge in [0.15, 0.2) is 0 Å². The van der Waals surface area contributed by atoms with Gasteiger partial charge in [0.1, 0.15) is 5.82 Å². The zero-order valence-electron chi connectivity index (χ0n) is 12.0. The van der Waals surface area contributed by atoms with Crippen LogP contribution in [-0.2, 0) is 13.5 Å². The third-order valence-corrected chi connectivity index (χ3v) is 3.54. The van der Waals surface area contributed by atoms with Gasteiger partial charge in [0.05, 0.1) is 5.69 Å². The first-order valence-corrected chi connectivity index (χ1v) is 7.07. The highest BCUT2D eigenvalue weighted by Crippen LogP contribution is 2.24. The van der Waals surface area contributed by atoms with Crippen molar-refractivity contribution in [3.8, 4) is 0 Å². The molecule has 5 heteroatoms. The minimum absolute atomic E-state index is 0.0907. The highest BCUT2D eigenvalue weighted by atomic mass is 35.5. The molecule has 0 aliphatic rings. The molecule has 1 aromatic carbocycles. The van der Waals surface area contributed by atoms with E-state index in [0.29, 0.717) is 17.0 Å². The Hall–Kier alpha value is -1.39. The highest BCUT2D eigenvalue weighted by molar-refractivity contribution is 6.30. The van der Waals surface area contributed by atoms with Gasteiger partial charge in [0, 0.05) is 35.8 Å². The Morgan fingerprint density at radius 2 is 2.15 bits per heavy atom. The molecule has 0 bridgehead atoms. The van der Waals surface area contributed by atoms with Crippen LogP contribution in [0, 0.1) is 12.7 Å². The summed E-state index contributed by atoms with van der Waals surface area (Å²) in [6.07, 6.45) is 0.684. The number of halogens is 2. The summed E-state index contributed by atoms with van der Waals surface area (Å²) in [4.78, 5) is 0. The average molecular weight is 296 g/mol. The minimum atomic E-state index is -0.276. The van der Waals surface area contributed by atoms with E-state index in [0.717, 1.165) is 17.9 Å². The predicted molar refractivity (Wildman–Crippen MR) is 79.5 cm³/mol. The number of hydrogen-bond donors (Lipinski definition) is 1. The zero-order valence-corrected chi connectivity index (χ0v) is 12.7. The lowest BCUT2D eigenvalue weighted by Crippen LogP contribution is -2.24. The lowest BCUT2D eigenvalue weighted by atomic mass is 10.0. The van der Waals surface area contributed by atoms with E-state index in [9.17, 15) is 4.39 Å². The summed E-state index contributed by atoms with van der Waals surface area (Å²) < 4.78 is 15.9. The standard InChI is InChI=1S/C15H19ClFN3/c1-4-18-15(9-12-7-10(2)19-20(12)3)13-6-5-11(16)8-14(13)17/h5-8,15,18H,4,9H2,1-3H3. The maximum atomic E-state index is 14.1. The van der Waals surface area contributed by atoms with Gasteiger partial charge in [0.25, 0.3) is 0 Å². The van der Waals surface area contributed by atoms with E-state index < -0.39 is 0 Å². The van der Waals surface area contributed by atoms with E-state index >= 15 is 0 Å². The van der Waals surface area contributed by atoms with Crippen LogP contribution in [0.5, 0.6) is 0 Å². The minimum Gasteiger partial charge on any atom is -0.310 e. The Morgan fingerprint density at radius 3 is 2.70 bits per heavy atom. The van der Waals surface area contributed by atoms with Gasteiger partial charge >= 0.3 is 0 Å². The number of nitrogens with one attached hydrogen (secondary N) is 1. The first kappa shape index (κ1) is 15.0. The van der Waals surface area contributed by atoms with Crippen molar-refractivity contribution in [1.82, 2.24) is 15.1 Å². The lowest BCUT2D eigenvalue weighted by molar-refractivity contribution is 0.497. The summed E-state index contributed by atoms with van der Waals surface area (Å²) in [5.41, 5.74) is 2.67. The van der Waals surface area contributed by atoms with Crippen molar-refractivity contribution < 1.29 is 4.39 Å². The smallest absolute Gasteiger partial charge is 0.129 e. The highest BCUT2D eigenvalue weighted by Gasteiger charge is 2.17. The van der Waals surface area contributed by atoms with Crippen molar-refractivity contribution >= 4 is 11.6 Å². The molecule has 0 fully saturated rings. The number of likely N-dealkylation sites (N-methyl/N-ethyl adjacent to an activating group) is 1. The van der Waals surface area contributed by atoms with E-state index in [2.05, 4.69) is 10.4 Å². The zero-order chi connectivity index (χ0) is 14.7. The van der Waals surface area contributed by atoms with Gasteiger partial charge in [-0.15, -0.1) is 0 Å². The molecule has 0 spiro atoms. The Balaban J connectivity index is 2.29. The summed E-state index contributed by atoms with van der Waals surface area (Å²) in [6.45, 7) is 4.73. The monoisotopic (exact) mass is 295 g/mol. The maximum absolute atomic E-state index is 14.1. The van der Waals surface area contributed by atoms with Gasteiger partial charge in [-0.2, -0.15) is 5.10 Å². The molecule has 0 saturated carbocycles. The van der Waals surface area contributed by atoms with E-state index in [4.69, 9.17) is 11.6 Å². The second-order valence-electron chi connectivity index (χ2n) is 4.88. The van der Waals surface area contributed by atoms with E-state index in [1.807, 2.05) is 31.6 Å². The Labute approximate surface area is 123 Å². The molecule has 0 aliphatic heterocycles. The van der Waals surface area contributed by atoms with Crippen LogP contribution in [0.2, 0.25) is 5.02 Å². The third kappa shape index (κ3) is 3.38. The largest absolute Gasteiger partial charge is 0.310 e. The van der Waals surface area contributed by atoms with E-state index in [-0.39, 0.29) is 11.9 Å². The first-order valence-electron chi connectivity index (χ1n) is 6.69. The third-order valence-electron chi connectivity index (χ3n) is 3.30. The molecule has 1 atom stereocenters. The van der Waals surface area contributed by atoms with E-state index in [1.54, 1.807) is 12.1 Å². The molecule has 0 amide bonds. The lowest BCUT2D eigenvalue weighted by Gasteiger charge is -2.19. The van der Waals surface area contributed by atoms with Gasteiger partial charge in [0.2, 0.25) is 0 Å². The molecule has 0 radical (unpaired) electrons. The van der Waals surface area contributed by atoms with Gasteiger partial charge in [-0.3, -0.25) is 4.68 Å². The number of aryl methyl sites for hydroxylation is 2. The molecule has 3 nitrogen and oxygen atoms in total. The number of benzene rings is 1. The second kappa shape index (κ2) is 6.37. The molecule has 1 heterocycles. The SMILES string of the molecule is CCNC(Cc1cc(C)nn1C)c1ccc(Cl)cc1F.